The Labute approximate surface area is 71.7 Å². The lowest BCUT2D eigenvalue weighted by Gasteiger charge is -2.22. The van der Waals surface area contributed by atoms with Gasteiger partial charge in [-0.15, -0.1) is 0 Å². The summed E-state index contributed by atoms with van der Waals surface area (Å²) in [5, 5.41) is 0. The number of alkyl halides is 2. The highest BCUT2D eigenvalue weighted by Gasteiger charge is 2.33. The Kier molecular flexibility index (Phi) is 3.01. The van der Waals surface area contributed by atoms with E-state index in [2.05, 4.69) is 6.92 Å². The molecule has 2 nitrogen and oxygen atoms in total. The van der Waals surface area contributed by atoms with Crippen LogP contribution in [0.15, 0.2) is 0 Å². The molecule has 0 aliphatic carbocycles. The lowest BCUT2D eigenvalue weighted by Crippen LogP contribution is -2.33. The molecule has 0 bridgehead atoms. The molecule has 1 aliphatic rings. The summed E-state index contributed by atoms with van der Waals surface area (Å²) in [5.41, 5.74) is 5.61. The molecule has 0 saturated carbocycles. The molecule has 0 aromatic carbocycles. The third kappa shape index (κ3) is 2.38. The predicted molar refractivity (Wildman–Crippen MR) is 44.2 cm³/mol. The molecule has 1 heterocycles. The molecular weight excluding hydrogens is 162 g/mol. The first kappa shape index (κ1) is 9.86. The van der Waals surface area contributed by atoms with Crippen LogP contribution >= 0.6 is 0 Å². The number of rotatable bonds is 3. The van der Waals surface area contributed by atoms with E-state index in [9.17, 15) is 8.78 Å². The number of hydrogen-bond acceptors (Lipinski definition) is 2. The van der Waals surface area contributed by atoms with Crippen LogP contribution in [-0.4, -0.2) is 37.5 Å². The normalized spacial score (nSPS) is 31.8. The van der Waals surface area contributed by atoms with E-state index in [4.69, 9.17) is 5.73 Å². The van der Waals surface area contributed by atoms with Crippen molar-refractivity contribution in [2.75, 3.05) is 26.2 Å². The van der Waals surface area contributed by atoms with Gasteiger partial charge in [-0.1, -0.05) is 6.92 Å². The van der Waals surface area contributed by atoms with Gasteiger partial charge in [0.1, 0.15) is 0 Å². The highest BCUT2D eigenvalue weighted by atomic mass is 19.3. The van der Waals surface area contributed by atoms with E-state index in [1.54, 1.807) is 4.90 Å². The highest BCUT2D eigenvalue weighted by molar-refractivity contribution is 4.86. The Balaban J connectivity index is 2.35. The zero-order valence-corrected chi connectivity index (χ0v) is 7.39. The molecule has 1 rings (SSSR count). The Bertz CT molecular complexity index is 152. The van der Waals surface area contributed by atoms with E-state index in [0.717, 1.165) is 13.0 Å². The SMILES string of the molecule is CC1(CN)CCN(CC(F)F)C1. The number of nitrogens with zero attached hydrogens (tertiary/aromatic N) is 1. The van der Waals surface area contributed by atoms with Crippen LogP contribution in [0.25, 0.3) is 0 Å². The minimum Gasteiger partial charge on any atom is -0.330 e. The van der Waals surface area contributed by atoms with Crippen molar-refractivity contribution in [3.8, 4) is 0 Å². The van der Waals surface area contributed by atoms with Crippen molar-refractivity contribution >= 4 is 0 Å². The molecule has 0 amide bonds. The fourth-order valence-electron chi connectivity index (χ4n) is 1.64. The van der Waals surface area contributed by atoms with E-state index in [1.165, 1.54) is 0 Å². The summed E-state index contributed by atoms with van der Waals surface area (Å²) in [6.45, 7) is 4.02. The Morgan fingerprint density at radius 3 is 2.67 bits per heavy atom. The number of likely N-dealkylation sites (tertiary alicyclic amines) is 1. The van der Waals surface area contributed by atoms with Crippen molar-refractivity contribution in [3.05, 3.63) is 0 Å². The maximum absolute atomic E-state index is 12.0. The Morgan fingerprint density at radius 2 is 2.25 bits per heavy atom. The minimum atomic E-state index is -2.22. The van der Waals surface area contributed by atoms with Crippen molar-refractivity contribution in [1.82, 2.24) is 4.90 Å². The van der Waals surface area contributed by atoms with E-state index < -0.39 is 6.43 Å². The van der Waals surface area contributed by atoms with Crippen LogP contribution in [0.1, 0.15) is 13.3 Å². The molecule has 4 heteroatoms. The van der Waals surface area contributed by atoms with Gasteiger partial charge < -0.3 is 5.73 Å². The van der Waals surface area contributed by atoms with Gasteiger partial charge in [-0.2, -0.15) is 0 Å². The second-order valence-corrected chi connectivity index (χ2v) is 3.89. The average Bonchev–Trinajstić information content (AvgIpc) is 2.32. The van der Waals surface area contributed by atoms with Crippen molar-refractivity contribution < 1.29 is 8.78 Å². The Hall–Kier alpha value is -0.220. The minimum absolute atomic E-state index is 0.0644. The number of nitrogens with two attached hydrogens (primary N) is 1. The summed E-state index contributed by atoms with van der Waals surface area (Å²) in [4.78, 5) is 1.79. The molecule has 1 atom stereocenters. The molecule has 12 heavy (non-hydrogen) atoms. The van der Waals surface area contributed by atoms with Gasteiger partial charge in [-0.25, -0.2) is 8.78 Å². The van der Waals surface area contributed by atoms with Crippen LogP contribution < -0.4 is 5.73 Å². The van der Waals surface area contributed by atoms with Crippen LogP contribution in [0.5, 0.6) is 0 Å². The van der Waals surface area contributed by atoms with E-state index in [-0.39, 0.29) is 12.0 Å². The van der Waals surface area contributed by atoms with Crippen LogP contribution in [0.2, 0.25) is 0 Å². The zero-order chi connectivity index (χ0) is 9.19. The molecule has 1 fully saturated rings. The topological polar surface area (TPSA) is 29.3 Å². The van der Waals surface area contributed by atoms with Gasteiger partial charge in [-0.3, -0.25) is 4.90 Å². The quantitative estimate of drug-likeness (QED) is 0.696. The van der Waals surface area contributed by atoms with Crippen LogP contribution in [-0.2, 0) is 0 Å². The summed E-state index contributed by atoms with van der Waals surface area (Å²) < 4.78 is 23.9. The molecule has 0 spiro atoms. The fraction of sp³-hybridized carbons (Fsp3) is 1.00. The largest absolute Gasteiger partial charge is 0.330 e. The van der Waals surface area contributed by atoms with E-state index in [0.29, 0.717) is 13.1 Å². The van der Waals surface area contributed by atoms with Crippen LogP contribution in [0, 0.1) is 5.41 Å². The molecule has 0 aromatic heterocycles. The molecule has 0 radical (unpaired) electrons. The lowest BCUT2D eigenvalue weighted by atomic mass is 9.90. The first-order valence-corrected chi connectivity index (χ1v) is 4.26. The molecular formula is C8H16F2N2. The van der Waals surface area contributed by atoms with Crippen molar-refractivity contribution in [1.29, 1.82) is 0 Å². The highest BCUT2D eigenvalue weighted by Crippen LogP contribution is 2.28. The average molecular weight is 178 g/mol. The fourth-order valence-corrected chi connectivity index (χ4v) is 1.64. The van der Waals surface area contributed by atoms with Gasteiger partial charge in [0.2, 0.25) is 0 Å². The number of hydrogen-bond donors (Lipinski definition) is 1. The monoisotopic (exact) mass is 178 g/mol. The van der Waals surface area contributed by atoms with Gasteiger partial charge in [0.25, 0.3) is 6.43 Å². The summed E-state index contributed by atoms with van der Waals surface area (Å²) in [5.74, 6) is 0. The maximum atomic E-state index is 12.0. The van der Waals surface area contributed by atoms with Crippen LogP contribution in [0.4, 0.5) is 8.78 Å². The molecule has 1 unspecified atom stereocenters. The first-order chi connectivity index (χ1) is 5.56. The summed E-state index contributed by atoms with van der Waals surface area (Å²) in [6.07, 6.45) is -1.28. The Morgan fingerprint density at radius 1 is 1.58 bits per heavy atom. The van der Waals surface area contributed by atoms with E-state index in [1.807, 2.05) is 0 Å². The van der Waals surface area contributed by atoms with E-state index >= 15 is 0 Å². The molecule has 2 N–H and O–H groups in total. The van der Waals surface area contributed by atoms with Gasteiger partial charge in [0.05, 0.1) is 6.54 Å². The number of halogens is 2. The van der Waals surface area contributed by atoms with Crippen molar-refractivity contribution in [3.63, 3.8) is 0 Å². The van der Waals surface area contributed by atoms with Gasteiger partial charge in [0, 0.05) is 6.54 Å². The summed E-state index contributed by atoms with van der Waals surface area (Å²) in [6, 6.07) is 0. The predicted octanol–water partition coefficient (Wildman–Crippen LogP) is 0.922. The zero-order valence-electron chi connectivity index (χ0n) is 7.39. The van der Waals surface area contributed by atoms with Gasteiger partial charge in [-0.05, 0) is 24.9 Å². The molecule has 72 valence electrons. The van der Waals surface area contributed by atoms with Crippen LogP contribution in [0.3, 0.4) is 0 Å². The maximum Gasteiger partial charge on any atom is 0.251 e. The standard InChI is InChI=1S/C8H16F2N2/c1-8(5-11)2-3-12(6-8)4-7(9)10/h7H,2-6,11H2,1H3. The molecule has 1 saturated heterocycles. The smallest absolute Gasteiger partial charge is 0.251 e. The second kappa shape index (κ2) is 3.66. The van der Waals surface area contributed by atoms with Crippen molar-refractivity contribution in [2.45, 2.75) is 19.8 Å². The second-order valence-electron chi connectivity index (χ2n) is 3.89. The third-order valence-electron chi connectivity index (χ3n) is 2.53. The first-order valence-electron chi connectivity index (χ1n) is 4.26. The van der Waals surface area contributed by atoms with Gasteiger partial charge >= 0.3 is 0 Å². The summed E-state index contributed by atoms with van der Waals surface area (Å²) in [7, 11) is 0. The van der Waals surface area contributed by atoms with Crippen molar-refractivity contribution in [2.24, 2.45) is 11.1 Å². The summed E-state index contributed by atoms with van der Waals surface area (Å²) >= 11 is 0. The lowest BCUT2D eigenvalue weighted by molar-refractivity contribution is 0.0947. The van der Waals surface area contributed by atoms with Gasteiger partial charge in [0.15, 0.2) is 0 Å². The third-order valence-corrected chi connectivity index (χ3v) is 2.53. The molecule has 1 aliphatic heterocycles. The molecule has 0 aromatic rings.